The summed E-state index contributed by atoms with van der Waals surface area (Å²) < 4.78 is 31.6. The van der Waals surface area contributed by atoms with Gasteiger partial charge in [-0.2, -0.15) is 4.98 Å². The molecule has 0 aliphatic rings. The van der Waals surface area contributed by atoms with Crippen molar-refractivity contribution < 1.29 is 13.3 Å². The molecule has 102 valence electrons. The third-order valence-corrected chi connectivity index (χ3v) is 3.64. The third-order valence-electron chi connectivity index (χ3n) is 2.86. The summed E-state index contributed by atoms with van der Waals surface area (Å²) in [5.41, 5.74) is -0.170. The Kier molecular flexibility index (Phi) is 3.69. The molecule has 7 heteroatoms. The minimum absolute atomic E-state index is 0.0258. The Labute approximate surface area is 117 Å². The highest BCUT2D eigenvalue weighted by Crippen LogP contribution is 2.31. The molecule has 0 unspecified atom stereocenters. The number of rotatable bonds is 3. The average molecular weight is 332 g/mol. The van der Waals surface area contributed by atoms with Crippen LogP contribution in [0.1, 0.15) is 19.7 Å². The lowest BCUT2D eigenvalue weighted by molar-refractivity contribution is 0.281. The van der Waals surface area contributed by atoms with Crippen LogP contribution in [-0.4, -0.2) is 17.2 Å². The lowest BCUT2D eigenvalue weighted by Crippen LogP contribution is -2.33. The van der Waals surface area contributed by atoms with Crippen LogP contribution in [0, 0.1) is 11.6 Å². The molecular formula is C12H12BrF2N3O. The van der Waals surface area contributed by atoms with E-state index in [4.69, 9.17) is 4.52 Å². The van der Waals surface area contributed by atoms with Crippen LogP contribution >= 0.6 is 15.9 Å². The molecule has 0 saturated heterocycles. The summed E-state index contributed by atoms with van der Waals surface area (Å²) in [5, 5.41) is 6.80. The highest BCUT2D eigenvalue weighted by molar-refractivity contribution is 9.10. The highest BCUT2D eigenvalue weighted by atomic mass is 79.9. The van der Waals surface area contributed by atoms with Crippen LogP contribution in [0.4, 0.5) is 8.78 Å². The number of aromatic nitrogens is 2. The van der Waals surface area contributed by atoms with Crippen molar-refractivity contribution in [2.24, 2.45) is 0 Å². The van der Waals surface area contributed by atoms with Crippen LogP contribution in [0.3, 0.4) is 0 Å². The van der Waals surface area contributed by atoms with Crippen LogP contribution in [0.2, 0.25) is 0 Å². The van der Waals surface area contributed by atoms with E-state index < -0.39 is 17.2 Å². The van der Waals surface area contributed by atoms with E-state index in [9.17, 15) is 8.78 Å². The van der Waals surface area contributed by atoms with E-state index in [0.29, 0.717) is 11.5 Å². The second-order valence-corrected chi connectivity index (χ2v) is 5.31. The second-order valence-electron chi connectivity index (χ2n) is 4.52. The monoisotopic (exact) mass is 331 g/mol. The molecule has 1 aromatic heterocycles. The molecule has 2 aromatic rings. The maximum atomic E-state index is 13.5. The number of nitrogens with zero attached hydrogens (tertiary/aromatic N) is 2. The predicted octanol–water partition coefficient (Wildman–Crippen LogP) is 3.23. The van der Waals surface area contributed by atoms with Crippen molar-refractivity contribution >= 4 is 15.9 Å². The van der Waals surface area contributed by atoms with Gasteiger partial charge in [0.1, 0.15) is 0 Å². The van der Waals surface area contributed by atoms with Gasteiger partial charge in [-0.15, -0.1) is 0 Å². The number of benzene rings is 1. The van der Waals surface area contributed by atoms with Gasteiger partial charge < -0.3 is 9.84 Å². The summed E-state index contributed by atoms with van der Waals surface area (Å²) in [7, 11) is 1.76. The molecule has 0 aliphatic carbocycles. The SMILES string of the molecule is CNC(C)(C)c1nc(-c2ccc(F)c(F)c2Br)no1. The average Bonchev–Trinajstić information content (AvgIpc) is 2.86. The molecule has 0 atom stereocenters. The molecule has 1 N–H and O–H groups in total. The molecule has 0 amide bonds. The molecule has 0 saturated carbocycles. The lowest BCUT2D eigenvalue weighted by atomic mass is 10.1. The molecule has 0 bridgehead atoms. The van der Waals surface area contributed by atoms with Gasteiger partial charge in [0.15, 0.2) is 11.6 Å². The van der Waals surface area contributed by atoms with E-state index in [2.05, 4.69) is 31.4 Å². The van der Waals surface area contributed by atoms with E-state index >= 15 is 0 Å². The zero-order valence-corrected chi connectivity index (χ0v) is 12.2. The first-order valence-corrected chi connectivity index (χ1v) is 6.33. The topological polar surface area (TPSA) is 51.0 Å². The Bertz CT molecular complexity index is 613. The Morgan fingerprint density at radius 2 is 2.00 bits per heavy atom. The fraction of sp³-hybridized carbons (Fsp3) is 0.333. The summed E-state index contributed by atoms with van der Waals surface area (Å²) in [6.45, 7) is 3.73. The van der Waals surface area contributed by atoms with Gasteiger partial charge in [-0.1, -0.05) is 5.16 Å². The van der Waals surface area contributed by atoms with Crippen LogP contribution in [0.15, 0.2) is 21.1 Å². The smallest absolute Gasteiger partial charge is 0.246 e. The molecule has 0 radical (unpaired) electrons. The second kappa shape index (κ2) is 4.97. The van der Waals surface area contributed by atoms with Gasteiger partial charge in [-0.25, -0.2) is 8.78 Å². The number of hydrogen-bond donors (Lipinski definition) is 1. The van der Waals surface area contributed by atoms with Gasteiger partial charge in [0.25, 0.3) is 0 Å². The van der Waals surface area contributed by atoms with Crippen molar-refractivity contribution in [2.45, 2.75) is 19.4 Å². The summed E-state index contributed by atoms with van der Waals surface area (Å²) in [6.07, 6.45) is 0. The van der Waals surface area contributed by atoms with E-state index in [1.165, 1.54) is 6.07 Å². The third kappa shape index (κ3) is 2.52. The summed E-state index contributed by atoms with van der Waals surface area (Å²) in [4.78, 5) is 4.20. The summed E-state index contributed by atoms with van der Waals surface area (Å²) >= 11 is 2.99. The van der Waals surface area contributed by atoms with E-state index in [0.717, 1.165) is 6.07 Å². The van der Waals surface area contributed by atoms with E-state index in [1.54, 1.807) is 7.05 Å². The van der Waals surface area contributed by atoms with Gasteiger partial charge in [0, 0.05) is 5.56 Å². The Morgan fingerprint density at radius 1 is 1.32 bits per heavy atom. The normalized spacial score (nSPS) is 11.9. The first-order chi connectivity index (χ1) is 8.86. The molecule has 0 spiro atoms. The van der Waals surface area contributed by atoms with Crippen LogP contribution < -0.4 is 5.32 Å². The summed E-state index contributed by atoms with van der Waals surface area (Å²) in [6, 6.07) is 2.41. The van der Waals surface area contributed by atoms with Gasteiger partial charge in [0.2, 0.25) is 11.7 Å². The summed E-state index contributed by atoms with van der Waals surface area (Å²) in [5.74, 6) is -1.35. The van der Waals surface area contributed by atoms with Crippen molar-refractivity contribution in [2.75, 3.05) is 7.05 Å². The van der Waals surface area contributed by atoms with Crippen molar-refractivity contribution in [1.82, 2.24) is 15.5 Å². The minimum atomic E-state index is -0.975. The van der Waals surface area contributed by atoms with E-state index in [-0.39, 0.29) is 10.3 Å². The van der Waals surface area contributed by atoms with Crippen molar-refractivity contribution in [3.63, 3.8) is 0 Å². The first-order valence-electron chi connectivity index (χ1n) is 5.54. The quantitative estimate of drug-likeness (QED) is 0.877. The maximum absolute atomic E-state index is 13.5. The van der Waals surface area contributed by atoms with Crippen LogP contribution in [0.25, 0.3) is 11.4 Å². The van der Waals surface area contributed by atoms with Crippen molar-refractivity contribution in [3.05, 3.63) is 34.1 Å². The Balaban J connectivity index is 2.47. The standard InChI is InChI=1S/C12H12BrF2N3O/c1-12(2,16-3)11-17-10(18-19-11)6-4-5-7(14)9(15)8(6)13/h4-5,16H,1-3H3. The van der Waals surface area contributed by atoms with Gasteiger partial charge in [-0.05, 0) is 49.0 Å². The van der Waals surface area contributed by atoms with Crippen LogP contribution in [0.5, 0.6) is 0 Å². The number of hydrogen-bond acceptors (Lipinski definition) is 4. The molecule has 19 heavy (non-hydrogen) atoms. The zero-order valence-electron chi connectivity index (χ0n) is 10.6. The zero-order chi connectivity index (χ0) is 14.2. The Hall–Kier alpha value is -1.34. The highest BCUT2D eigenvalue weighted by Gasteiger charge is 2.26. The minimum Gasteiger partial charge on any atom is -0.337 e. The number of halogens is 3. The van der Waals surface area contributed by atoms with Gasteiger partial charge in [-0.3, -0.25) is 0 Å². The molecule has 1 aromatic carbocycles. The fourth-order valence-electron chi connectivity index (χ4n) is 1.39. The molecule has 2 rings (SSSR count). The van der Waals surface area contributed by atoms with Gasteiger partial charge in [0.05, 0.1) is 10.0 Å². The molecule has 0 fully saturated rings. The first kappa shape index (κ1) is 14.1. The molecular weight excluding hydrogens is 320 g/mol. The lowest BCUT2D eigenvalue weighted by Gasteiger charge is -2.17. The number of nitrogens with one attached hydrogen (secondary N) is 1. The molecule has 1 heterocycles. The predicted molar refractivity (Wildman–Crippen MR) is 69.4 cm³/mol. The van der Waals surface area contributed by atoms with Crippen LogP contribution in [-0.2, 0) is 5.54 Å². The Morgan fingerprint density at radius 3 is 2.63 bits per heavy atom. The van der Waals surface area contributed by atoms with Crippen molar-refractivity contribution in [1.29, 1.82) is 0 Å². The van der Waals surface area contributed by atoms with E-state index in [1.807, 2.05) is 13.8 Å². The van der Waals surface area contributed by atoms with Crippen molar-refractivity contribution in [3.8, 4) is 11.4 Å². The maximum Gasteiger partial charge on any atom is 0.246 e. The fourth-order valence-corrected chi connectivity index (χ4v) is 1.89. The largest absolute Gasteiger partial charge is 0.337 e. The van der Waals surface area contributed by atoms with Gasteiger partial charge >= 0.3 is 0 Å². The molecule has 0 aliphatic heterocycles. The molecule has 4 nitrogen and oxygen atoms in total.